The largest absolute Gasteiger partial charge is 0.360 e. The number of hydrazine groups is 1. The summed E-state index contributed by atoms with van der Waals surface area (Å²) in [6.07, 6.45) is 6.86. The number of rotatable bonds is 7. The van der Waals surface area contributed by atoms with E-state index in [1.807, 2.05) is 6.20 Å². The highest BCUT2D eigenvalue weighted by Gasteiger charge is 2.16. The molecule has 0 aliphatic carbocycles. The number of nitrogens with one attached hydrogen (secondary N) is 2. The van der Waals surface area contributed by atoms with Crippen molar-refractivity contribution in [2.45, 2.75) is 39.3 Å². The highest BCUT2D eigenvalue weighted by atomic mass is 28.3. The lowest BCUT2D eigenvalue weighted by atomic mass is 10.3. The molecule has 0 saturated carbocycles. The first-order valence-corrected chi connectivity index (χ1v) is 13.0. The lowest BCUT2D eigenvalue weighted by molar-refractivity contribution is -0.119. The molecule has 0 bridgehead atoms. The number of fused-ring (bicyclic) bond motifs is 1. The fourth-order valence-electron chi connectivity index (χ4n) is 2.54. The molecule has 0 aromatic carbocycles. The van der Waals surface area contributed by atoms with Crippen LogP contribution >= 0.6 is 0 Å². The number of ether oxygens (including phenoxy) is 1. The van der Waals surface area contributed by atoms with Gasteiger partial charge in [-0.25, -0.2) is 14.6 Å². The molecule has 3 aromatic rings. The molecule has 29 heavy (non-hydrogen) atoms. The van der Waals surface area contributed by atoms with Crippen LogP contribution < -0.4 is 10.9 Å². The normalized spacial score (nSPS) is 11.6. The third-order valence-electron chi connectivity index (χ3n) is 4.09. The van der Waals surface area contributed by atoms with Gasteiger partial charge in [0, 0.05) is 46.3 Å². The molecule has 0 radical (unpaired) electrons. The van der Waals surface area contributed by atoms with E-state index in [1.165, 1.54) is 6.92 Å². The van der Waals surface area contributed by atoms with Crippen LogP contribution in [-0.4, -0.2) is 50.6 Å². The lowest BCUT2D eigenvalue weighted by Crippen LogP contribution is -2.40. The van der Waals surface area contributed by atoms with Crippen molar-refractivity contribution in [3.05, 3.63) is 36.5 Å². The summed E-state index contributed by atoms with van der Waals surface area (Å²) in [5, 5.41) is 4.32. The Hall–Kier alpha value is -3.05. The Labute approximate surface area is 169 Å². The van der Waals surface area contributed by atoms with Gasteiger partial charge in [0.25, 0.3) is 5.91 Å². The number of amides is 2. The van der Waals surface area contributed by atoms with Crippen LogP contribution in [0.4, 0.5) is 0 Å². The Morgan fingerprint density at radius 2 is 2.03 bits per heavy atom. The second kappa shape index (κ2) is 8.53. The fraction of sp³-hybridized carbons (Fsp3) is 0.389. The molecule has 0 saturated heterocycles. The first-order chi connectivity index (χ1) is 13.7. The third-order valence-corrected chi connectivity index (χ3v) is 5.79. The maximum atomic E-state index is 12.3. The Morgan fingerprint density at radius 1 is 1.24 bits per heavy atom. The molecule has 154 valence electrons. The van der Waals surface area contributed by atoms with Gasteiger partial charge in [0.2, 0.25) is 5.91 Å². The van der Waals surface area contributed by atoms with Gasteiger partial charge in [0.05, 0.1) is 11.8 Å². The molecule has 10 nitrogen and oxygen atoms in total. The summed E-state index contributed by atoms with van der Waals surface area (Å²) in [4.78, 5) is 32.0. The molecule has 0 aliphatic heterocycles. The number of carbonyl (C=O) groups excluding carboxylic acids is 2. The molecule has 0 spiro atoms. The van der Waals surface area contributed by atoms with Crippen LogP contribution in [0.2, 0.25) is 25.7 Å². The minimum atomic E-state index is -1.14. The highest BCUT2D eigenvalue weighted by Crippen LogP contribution is 2.19. The minimum absolute atomic E-state index is 0.131. The Kier molecular flexibility index (Phi) is 6.08. The number of imidazole rings is 1. The molecule has 3 aromatic heterocycles. The Morgan fingerprint density at radius 3 is 2.76 bits per heavy atom. The van der Waals surface area contributed by atoms with Crippen LogP contribution in [0, 0.1) is 0 Å². The molecule has 0 fully saturated rings. The Balaban J connectivity index is 1.78. The van der Waals surface area contributed by atoms with Gasteiger partial charge in [-0.15, -0.1) is 0 Å². The van der Waals surface area contributed by atoms with Crippen molar-refractivity contribution in [2.75, 3.05) is 6.61 Å². The number of carbonyl (C=O) groups is 2. The van der Waals surface area contributed by atoms with Crippen LogP contribution in [0.25, 0.3) is 17.0 Å². The van der Waals surface area contributed by atoms with Gasteiger partial charge in [-0.1, -0.05) is 19.6 Å². The van der Waals surface area contributed by atoms with E-state index in [0.29, 0.717) is 24.8 Å². The second-order valence-electron chi connectivity index (χ2n) is 7.87. The van der Waals surface area contributed by atoms with Crippen molar-refractivity contribution >= 4 is 25.5 Å². The average Bonchev–Trinajstić information content (AvgIpc) is 3.30. The van der Waals surface area contributed by atoms with E-state index in [0.717, 1.165) is 11.6 Å². The fourth-order valence-corrected chi connectivity index (χ4v) is 3.29. The molecule has 3 rings (SSSR count). The first-order valence-electron chi connectivity index (χ1n) is 9.24. The number of aromatic nitrogens is 5. The first kappa shape index (κ1) is 20.7. The van der Waals surface area contributed by atoms with Gasteiger partial charge in [0.1, 0.15) is 23.9 Å². The summed E-state index contributed by atoms with van der Waals surface area (Å²) < 4.78 is 9.18. The van der Waals surface area contributed by atoms with Crippen molar-refractivity contribution in [1.29, 1.82) is 0 Å². The van der Waals surface area contributed by atoms with Crippen molar-refractivity contribution in [3.8, 4) is 11.4 Å². The monoisotopic (exact) mass is 415 g/mol. The van der Waals surface area contributed by atoms with Gasteiger partial charge >= 0.3 is 0 Å². The molecule has 0 atom stereocenters. The minimum Gasteiger partial charge on any atom is -0.360 e. The maximum Gasteiger partial charge on any atom is 0.288 e. The molecular formula is C18H25N7O3Si. The van der Waals surface area contributed by atoms with Crippen molar-refractivity contribution in [2.24, 2.45) is 0 Å². The van der Waals surface area contributed by atoms with E-state index in [4.69, 9.17) is 4.74 Å². The van der Waals surface area contributed by atoms with Crippen LogP contribution in [-0.2, 0) is 16.3 Å². The third kappa shape index (κ3) is 5.48. The predicted molar refractivity (Wildman–Crippen MR) is 110 cm³/mol. The average molecular weight is 416 g/mol. The maximum absolute atomic E-state index is 12.3. The van der Waals surface area contributed by atoms with Crippen LogP contribution in [0.5, 0.6) is 0 Å². The molecule has 0 unspecified atom stereocenters. The van der Waals surface area contributed by atoms with Gasteiger partial charge in [-0.2, -0.15) is 5.10 Å². The summed E-state index contributed by atoms with van der Waals surface area (Å²) in [6, 6.07) is 2.63. The van der Waals surface area contributed by atoms with Crippen LogP contribution in [0.15, 0.2) is 30.9 Å². The summed E-state index contributed by atoms with van der Waals surface area (Å²) in [5.41, 5.74) is 5.97. The van der Waals surface area contributed by atoms with Gasteiger partial charge in [-0.05, 0) is 6.04 Å². The molecule has 2 N–H and O–H groups in total. The topological polar surface area (TPSA) is 115 Å². The van der Waals surface area contributed by atoms with E-state index in [9.17, 15) is 9.59 Å². The predicted octanol–water partition coefficient (Wildman–Crippen LogP) is 1.69. The highest BCUT2D eigenvalue weighted by molar-refractivity contribution is 6.76. The molecule has 0 aliphatic rings. The summed E-state index contributed by atoms with van der Waals surface area (Å²) in [7, 11) is -1.14. The van der Waals surface area contributed by atoms with E-state index in [-0.39, 0.29) is 11.6 Å². The van der Waals surface area contributed by atoms with Gasteiger partial charge < -0.3 is 4.74 Å². The summed E-state index contributed by atoms with van der Waals surface area (Å²) in [5.74, 6) is -0.397. The standard InChI is InChI=1S/C18H25N7O3Si/c1-13(26)22-23-18(27)15-9-16-19-5-6-25(16)17(21-15)14-10-20-24(11-14)12-28-7-8-29(2,3)4/h5-6,9-11H,7-8,12H2,1-4H3,(H,22,26)(H,23,27). The van der Waals surface area contributed by atoms with E-state index in [1.54, 1.807) is 33.7 Å². The summed E-state index contributed by atoms with van der Waals surface area (Å²) >= 11 is 0. The molecular weight excluding hydrogens is 390 g/mol. The zero-order valence-corrected chi connectivity index (χ0v) is 18.0. The van der Waals surface area contributed by atoms with Gasteiger partial charge in [-0.3, -0.25) is 24.8 Å². The lowest BCUT2D eigenvalue weighted by Gasteiger charge is -2.15. The molecule has 11 heteroatoms. The quantitative estimate of drug-likeness (QED) is 0.345. The van der Waals surface area contributed by atoms with E-state index in [2.05, 4.69) is 45.6 Å². The van der Waals surface area contributed by atoms with Crippen molar-refractivity contribution < 1.29 is 14.3 Å². The molecule has 3 heterocycles. The second-order valence-corrected chi connectivity index (χ2v) is 13.5. The number of hydrogen-bond acceptors (Lipinski definition) is 6. The molecule has 2 amide bonds. The zero-order valence-electron chi connectivity index (χ0n) is 17.0. The zero-order chi connectivity index (χ0) is 21.0. The number of nitrogens with zero attached hydrogens (tertiary/aromatic N) is 5. The Bertz CT molecular complexity index is 1020. The van der Waals surface area contributed by atoms with E-state index < -0.39 is 14.0 Å². The SMILES string of the molecule is CC(=O)NNC(=O)c1cc2nccn2c(-c2cnn(COCC[Si](C)(C)C)c2)n1. The number of hydrogen-bond donors (Lipinski definition) is 2. The van der Waals surface area contributed by atoms with E-state index >= 15 is 0 Å². The van der Waals surface area contributed by atoms with Crippen LogP contribution in [0.1, 0.15) is 17.4 Å². The van der Waals surface area contributed by atoms with Crippen molar-refractivity contribution in [1.82, 2.24) is 35.0 Å². The van der Waals surface area contributed by atoms with Crippen molar-refractivity contribution in [3.63, 3.8) is 0 Å². The van der Waals surface area contributed by atoms with Crippen LogP contribution in [0.3, 0.4) is 0 Å². The summed E-state index contributed by atoms with van der Waals surface area (Å²) in [6.45, 7) is 9.27. The smallest absolute Gasteiger partial charge is 0.288 e. The van der Waals surface area contributed by atoms with Gasteiger partial charge in [0.15, 0.2) is 0 Å².